The van der Waals surface area contributed by atoms with Crippen molar-refractivity contribution in [3.63, 3.8) is 0 Å². The number of hydrogen-bond acceptors (Lipinski definition) is 3. The third kappa shape index (κ3) is 3.91. The molecule has 8 heteroatoms. The molecule has 2 heterocycles. The maximum atomic E-state index is 13.3. The zero-order valence-corrected chi connectivity index (χ0v) is 16.5. The van der Waals surface area contributed by atoms with E-state index in [0.717, 1.165) is 12.8 Å². The predicted octanol–water partition coefficient (Wildman–Crippen LogP) is 3.44. The molecule has 1 fully saturated rings. The lowest BCUT2D eigenvalue weighted by atomic mass is 10.0. The Morgan fingerprint density at radius 1 is 1.26 bits per heavy atom. The van der Waals surface area contributed by atoms with Gasteiger partial charge >= 0.3 is 0 Å². The van der Waals surface area contributed by atoms with Gasteiger partial charge in [-0.15, -0.1) is 0 Å². The minimum Gasteiger partial charge on any atom is -0.353 e. The molecule has 146 valence electrons. The molecule has 1 amide bonds. The Labute approximate surface area is 158 Å². The second-order valence-corrected chi connectivity index (χ2v) is 9.00. The van der Waals surface area contributed by atoms with E-state index in [-0.39, 0.29) is 10.6 Å². The Bertz CT molecular complexity index is 961. The second-order valence-electron chi connectivity index (χ2n) is 7.13. The molecule has 1 aliphatic rings. The van der Waals surface area contributed by atoms with E-state index in [1.165, 1.54) is 22.5 Å². The van der Waals surface area contributed by atoms with E-state index in [1.807, 2.05) is 0 Å². The molecule has 6 nitrogen and oxygen atoms in total. The summed E-state index contributed by atoms with van der Waals surface area (Å²) in [5.41, 5.74) is 1.28. The number of anilines is 1. The molecule has 0 unspecified atom stereocenters. The number of amides is 1. The van der Waals surface area contributed by atoms with E-state index in [9.17, 15) is 17.6 Å². The number of sulfonamides is 1. The Balaban J connectivity index is 1.89. The van der Waals surface area contributed by atoms with Crippen molar-refractivity contribution in [2.75, 3.05) is 18.4 Å². The fourth-order valence-corrected chi connectivity index (χ4v) is 5.34. The number of H-pyrrole nitrogens is 1. The van der Waals surface area contributed by atoms with Gasteiger partial charge in [-0.05, 0) is 56.4 Å². The number of nitrogens with one attached hydrogen (secondary N) is 2. The second kappa shape index (κ2) is 7.44. The van der Waals surface area contributed by atoms with E-state index in [1.54, 1.807) is 19.9 Å². The maximum Gasteiger partial charge on any atom is 0.272 e. The summed E-state index contributed by atoms with van der Waals surface area (Å²) in [5, 5.41) is 2.60. The Morgan fingerprint density at radius 3 is 2.56 bits per heavy atom. The van der Waals surface area contributed by atoms with Gasteiger partial charge in [-0.2, -0.15) is 4.31 Å². The molecule has 0 spiro atoms. The summed E-state index contributed by atoms with van der Waals surface area (Å²) in [6.45, 7) is 6.34. The molecule has 1 aromatic carbocycles. The molecule has 2 aromatic rings. The van der Waals surface area contributed by atoms with Gasteiger partial charge in [-0.25, -0.2) is 12.8 Å². The van der Waals surface area contributed by atoms with Crippen molar-refractivity contribution in [2.45, 2.75) is 38.5 Å². The number of rotatable bonds is 4. The monoisotopic (exact) mass is 393 g/mol. The van der Waals surface area contributed by atoms with Crippen molar-refractivity contribution >= 4 is 21.6 Å². The van der Waals surface area contributed by atoms with Gasteiger partial charge in [0.1, 0.15) is 16.4 Å². The summed E-state index contributed by atoms with van der Waals surface area (Å²) in [5.74, 6) is -0.456. The number of piperidine rings is 1. The largest absolute Gasteiger partial charge is 0.353 e. The minimum absolute atomic E-state index is 0.154. The number of aryl methyl sites for hydroxylation is 1. The van der Waals surface area contributed by atoms with Crippen molar-refractivity contribution in [1.82, 2.24) is 9.29 Å². The van der Waals surface area contributed by atoms with Crippen LogP contribution < -0.4 is 5.32 Å². The molecule has 27 heavy (non-hydrogen) atoms. The average Bonchev–Trinajstić information content (AvgIpc) is 2.90. The van der Waals surface area contributed by atoms with Crippen LogP contribution in [0.1, 0.15) is 41.5 Å². The van der Waals surface area contributed by atoms with Crippen LogP contribution in [0, 0.1) is 25.6 Å². The van der Waals surface area contributed by atoms with Crippen LogP contribution in [0.4, 0.5) is 10.1 Å². The SMILES string of the molecule is Cc1[nH]c(C(=O)Nc2cccc(F)c2)c(C)c1S(=O)(=O)N1CCC(C)CC1. The van der Waals surface area contributed by atoms with Gasteiger partial charge in [-0.3, -0.25) is 4.79 Å². The Hall–Kier alpha value is -2.19. The molecule has 1 aromatic heterocycles. The number of carbonyl (C=O) groups excluding carboxylic acids is 1. The fraction of sp³-hybridized carbons (Fsp3) is 0.421. The van der Waals surface area contributed by atoms with Crippen LogP contribution in [0.5, 0.6) is 0 Å². The molecule has 0 saturated carbocycles. The molecule has 1 aliphatic heterocycles. The summed E-state index contributed by atoms with van der Waals surface area (Å²) in [6.07, 6.45) is 1.66. The predicted molar refractivity (Wildman–Crippen MR) is 102 cm³/mol. The molecular weight excluding hydrogens is 369 g/mol. The van der Waals surface area contributed by atoms with Crippen molar-refractivity contribution in [1.29, 1.82) is 0 Å². The normalized spacial score (nSPS) is 16.4. The highest BCUT2D eigenvalue weighted by atomic mass is 32.2. The molecule has 0 atom stereocenters. The fourth-order valence-electron chi connectivity index (χ4n) is 3.46. The van der Waals surface area contributed by atoms with E-state index in [0.29, 0.717) is 36.0 Å². The van der Waals surface area contributed by atoms with Gasteiger partial charge < -0.3 is 10.3 Å². The summed E-state index contributed by atoms with van der Waals surface area (Å²) < 4.78 is 41.0. The highest BCUT2D eigenvalue weighted by Gasteiger charge is 2.33. The number of nitrogens with zero attached hydrogens (tertiary/aromatic N) is 1. The Kier molecular flexibility index (Phi) is 5.39. The van der Waals surface area contributed by atoms with Crippen LogP contribution in [-0.2, 0) is 10.0 Å². The summed E-state index contributed by atoms with van der Waals surface area (Å²) in [4.78, 5) is 15.6. The highest BCUT2D eigenvalue weighted by molar-refractivity contribution is 7.89. The molecule has 3 rings (SSSR count). The van der Waals surface area contributed by atoms with Crippen LogP contribution in [0.15, 0.2) is 29.2 Å². The molecule has 1 saturated heterocycles. The average molecular weight is 393 g/mol. The zero-order chi connectivity index (χ0) is 19.8. The summed E-state index contributed by atoms with van der Waals surface area (Å²) >= 11 is 0. The lowest BCUT2D eigenvalue weighted by Gasteiger charge is -2.29. The number of halogens is 1. The topological polar surface area (TPSA) is 82.3 Å². The van der Waals surface area contributed by atoms with Crippen LogP contribution >= 0.6 is 0 Å². The highest BCUT2D eigenvalue weighted by Crippen LogP contribution is 2.29. The van der Waals surface area contributed by atoms with Crippen LogP contribution in [0.2, 0.25) is 0 Å². The summed E-state index contributed by atoms with van der Waals surface area (Å²) in [7, 11) is -3.68. The quantitative estimate of drug-likeness (QED) is 0.835. The van der Waals surface area contributed by atoms with Gasteiger partial charge in [0.25, 0.3) is 5.91 Å². The first-order valence-electron chi connectivity index (χ1n) is 8.96. The van der Waals surface area contributed by atoms with E-state index >= 15 is 0 Å². The van der Waals surface area contributed by atoms with E-state index in [4.69, 9.17) is 0 Å². The molecule has 2 N–H and O–H groups in total. The van der Waals surface area contributed by atoms with E-state index < -0.39 is 21.7 Å². The maximum absolute atomic E-state index is 13.3. The Morgan fingerprint density at radius 2 is 1.93 bits per heavy atom. The van der Waals surface area contributed by atoms with Gasteiger partial charge in [-0.1, -0.05) is 13.0 Å². The van der Waals surface area contributed by atoms with Gasteiger partial charge in [0.15, 0.2) is 0 Å². The van der Waals surface area contributed by atoms with Crippen molar-refractivity contribution in [3.05, 3.63) is 47.0 Å². The number of aromatic amines is 1. The lowest BCUT2D eigenvalue weighted by Crippen LogP contribution is -2.38. The first kappa shape index (κ1) is 19.6. The van der Waals surface area contributed by atoms with Crippen molar-refractivity contribution in [3.8, 4) is 0 Å². The van der Waals surface area contributed by atoms with Gasteiger partial charge in [0, 0.05) is 24.5 Å². The van der Waals surface area contributed by atoms with Gasteiger partial charge in [0.2, 0.25) is 10.0 Å². The van der Waals surface area contributed by atoms with Crippen molar-refractivity contribution in [2.24, 2.45) is 5.92 Å². The molecular formula is C19H24FN3O3S. The van der Waals surface area contributed by atoms with Crippen LogP contribution in [0.25, 0.3) is 0 Å². The van der Waals surface area contributed by atoms with Crippen LogP contribution in [0.3, 0.4) is 0 Å². The number of benzene rings is 1. The molecule has 0 bridgehead atoms. The number of hydrogen-bond donors (Lipinski definition) is 2. The third-order valence-electron chi connectivity index (χ3n) is 5.02. The number of aromatic nitrogens is 1. The summed E-state index contributed by atoms with van der Waals surface area (Å²) in [6, 6.07) is 5.54. The molecule has 0 radical (unpaired) electrons. The van der Waals surface area contributed by atoms with Crippen LogP contribution in [-0.4, -0.2) is 36.7 Å². The first-order chi connectivity index (χ1) is 12.7. The first-order valence-corrected chi connectivity index (χ1v) is 10.4. The lowest BCUT2D eigenvalue weighted by molar-refractivity contribution is 0.102. The van der Waals surface area contributed by atoms with Gasteiger partial charge in [0.05, 0.1) is 0 Å². The minimum atomic E-state index is -3.68. The standard InChI is InChI=1S/C19H24FN3O3S/c1-12-7-9-23(10-8-12)27(25,26)18-13(2)17(21-14(18)3)19(24)22-16-6-4-5-15(20)11-16/h4-6,11-12,21H,7-10H2,1-3H3,(H,22,24). The molecule has 0 aliphatic carbocycles. The zero-order valence-electron chi connectivity index (χ0n) is 15.7. The van der Waals surface area contributed by atoms with Crippen molar-refractivity contribution < 1.29 is 17.6 Å². The third-order valence-corrected chi connectivity index (χ3v) is 7.19. The smallest absolute Gasteiger partial charge is 0.272 e. The van der Waals surface area contributed by atoms with E-state index in [2.05, 4.69) is 17.2 Å². The number of carbonyl (C=O) groups is 1.